The molecule has 1 saturated heterocycles. The van der Waals surface area contributed by atoms with Gasteiger partial charge in [0.25, 0.3) is 0 Å². The van der Waals surface area contributed by atoms with E-state index in [0.717, 1.165) is 0 Å². The van der Waals surface area contributed by atoms with Gasteiger partial charge in [0.15, 0.2) is 5.96 Å². The van der Waals surface area contributed by atoms with E-state index in [0.29, 0.717) is 12.8 Å². The van der Waals surface area contributed by atoms with Gasteiger partial charge in [-0.3, -0.25) is 72.1 Å². The molecular formula is C52H87N15O19. The molecule has 0 aromatic rings. The number of amides is 11. The van der Waals surface area contributed by atoms with E-state index < -0.39 is 200 Å². The second kappa shape index (κ2) is 37.6. The molecule has 86 heavy (non-hydrogen) atoms. The Hall–Kier alpha value is -8.72. The fraction of sp³-hybridized carbons (Fsp3) is 0.692. The minimum Gasteiger partial charge on any atom is -0.481 e. The summed E-state index contributed by atoms with van der Waals surface area (Å²) in [7, 11) is 0. The van der Waals surface area contributed by atoms with Crippen molar-refractivity contribution < 1.29 is 92.3 Å². The van der Waals surface area contributed by atoms with Gasteiger partial charge in [-0.15, -0.1) is 0 Å². The van der Waals surface area contributed by atoms with E-state index in [9.17, 15) is 87.2 Å². The first-order valence-corrected chi connectivity index (χ1v) is 28.1. The van der Waals surface area contributed by atoms with Gasteiger partial charge in [0.05, 0.1) is 25.4 Å². The molecule has 12 atom stereocenters. The zero-order valence-electron chi connectivity index (χ0n) is 49.4. The number of rotatable bonds is 40. The van der Waals surface area contributed by atoms with Crippen molar-refractivity contribution in [3.63, 3.8) is 0 Å². The number of hydrogen-bond donors (Lipinski definition) is 17. The third-order valence-electron chi connectivity index (χ3n) is 13.8. The predicted octanol–water partition coefficient (Wildman–Crippen LogP) is -5.32. The molecular weight excluding hydrogens is 1140 g/mol. The first kappa shape index (κ1) is 75.3. The van der Waals surface area contributed by atoms with Gasteiger partial charge in [0, 0.05) is 25.9 Å². The number of carboxylic acid groups (broad SMARTS) is 4. The summed E-state index contributed by atoms with van der Waals surface area (Å²) in [4.78, 5) is 199. The molecule has 0 aliphatic carbocycles. The van der Waals surface area contributed by atoms with Crippen LogP contribution in [0.5, 0.6) is 0 Å². The normalized spacial score (nSPS) is 16.6. The Balaban J connectivity index is 3.22. The summed E-state index contributed by atoms with van der Waals surface area (Å²) < 4.78 is 0. The number of carbonyl (C=O) groups excluding carboxylic acids is 11. The lowest BCUT2D eigenvalue weighted by Crippen LogP contribution is -2.62. The Morgan fingerprint density at radius 3 is 1.52 bits per heavy atom. The topological polar surface area (TPSA) is 565 Å². The van der Waals surface area contributed by atoms with E-state index in [4.69, 9.17) is 28.0 Å². The largest absolute Gasteiger partial charge is 0.481 e. The first-order chi connectivity index (χ1) is 40.1. The zero-order valence-corrected chi connectivity index (χ0v) is 49.4. The van der Waals surface area contributed by atoms with Crippen molar-refractivity contribution in [3.8, 4) is 0 Å². The van der Waals surface area contributed by atoms with Crippen molar-refractivity contribution in [1.29, 1.82) is 0 Å². The summed E-state index contributed by atoms with van der Waals surface area (Å²) in [5.41, 5.74) is 22.1. The van der Waals surface area contributed by atoms with Gasteiger partial charge < -0.3 is 96.1 Å². The lowest BCUT2D eigenvalue weighted by Gasteiger charge is -2.30. The number of aliphatic carboxylic acids is 4. The standard InChI is InChI=1S/C52H87N15O19/c1-8-25(5)40(48(82)63-32(21-35(54)68)46(80)66-41(26(6)9-2)49(83)64-33(22-39(74)75)44(78)62-30(51(85)86)15-17-38(72)73)65-45(79)31(20-24(3)4)60-36(69)23-58-42(76)27(7)59-47(81)34-13-11-19-67(34)50(84)29(14-16-37(70)71)61-43(77)28(53)12-10-18-57-52(55)56/h24-34,40-41H,8-23,53H2,1-7H3,(H2,54,68)(H,58,76)(H,59,81)(H,60,69)(H,61,77)(H,62,78)(H,63,82)(H,64,83)(H,65,79)(H,66,80)(H,70,71)(H,72,73)(H,74,75)(H,85,86)(H4,55,56,57). The van der Waals surface area contributed by atoms with E-state index in [1.165, 1.54) is 18.7 Å². The number of aliphatic imine (C=N–C) groups is 1. The molecule has 1 aliphatic rings. The van der Waals surface area contributed by atoms with Gasteiger partial charge in [-0.1, -0.05) is 54.4 Å². The van der Waals surface area contributed by atoms with Crippen molar-refractivity contribution in [2.24, 2.45) is 45.7 Å². The molecule has 0 saturated carbocycles. The number of carboxylic acids is 4. The van der Waals surface area contributed by atoms with Crippen LogP contribution in [0.4, 0.5) is 0 Å². The highest BCUT2D eigenvalue weighted by Gasteiger charge is 2.40. The van der Waals surface area contributed by atoms with Crippen LogP contribution in [0, 0.1) is 17.8 Å². The van der Waals surface area contributed by atoms with Crippen LogP contribution >= 0.6 is 0 Å². The lowest BCUT2D eigenvalue weighted by atomic mass is 9.95. The van der Waals surface area contributed by atoms with Gasteiger partial charge in [-0.25, -0.2) is 4.79 Å². The van der Waals surface area contributed by atoms with E-state index >= 15 is 0 Å². The van der Waals surface area contributed by atoms with Crippen LogP contribution in [-0.4, -0.2) is 200 Å². The van der Waals surface area contributed by atoms with E-state index in [-0.39, 0.29) is 63.5 Å². The maximum Gasteiger partial charge on any atom is 0.326 e. The maximum absolute atomic E-state index is 14.1. The Kier molecular flexibility index (Phi) is 32.9. The molecule has 0 bridgehead atoms. The molecule has 34 nitrogen and oxygen atoms in total. The van der Waals surface area contributed by atoms with Crippen LogP contribution in [0.1, 0.15) is 132 Å². The molecule has 0 radical (unpaired) electrons. The Bertz CT molecular complexity index is 2480. The predicted molar refractivity (Wildman–Crippen MR) is 303 cm³/mol. The fourth-order valence-corrected chi connectivity index (χ4v) is 8.63. The number of nitrogens with zero attached hydrogens (tertiary/aromatic N) is 2. The van der Waals surface area contributed by atoms with Crippen LogP contribution in [0.3, 0.4) is 0 Å². The highest BCUT2D eigenvalue weighted by molar-refractivity contribution is 6.00. The number of primary amides is 1. The van der Waals surface area contributed by atoms with Crippen molar-refractivity contribution >= 4 is 94.8 Å². The summed E-state index contributed by atoms with van der Waals surface area (Å²) in [6.45, 7) is 10.6. The second-order valence-electron chi connectivity index (χ2n) is 21.4. The smallest absolute Gasteiger partial charge is 0.326 e. The molecule has 34 heteroatoms. The quantitative estimate of drug-likeness (QED) is 0.0155. The van der Waals surface area contributed by atoms with Crippen molar-refractivity contribution in [2.75, 3.05) is 19.6 Å². The summed E-state index contributed by atoms with van der Waals surface area (Å²) >= 11 is 0. The minimum atomic E-state index is -1.95. The summed E-state index contributed by atoms with van der Waals surface area (Å²) in [5, 5.41) is 58.7. The fourth-order valence-electron chi connectivity index (χ4n) is 8.63. The van der Waals surface area contributed by atoms with Crippen LogP contribution in [0.15, 0.2) is 4.99 Å². The average molecular weight is 1230 g/mol. The zero-order chi connectivity index (χ0) is 65.7. The molecule has 1 fully saturated rings. The Morgan fingerprint density at radius 2 is 1.05 bits per heavy atom. The van der Waals surface area contributed by atoms with E-state index in [1.807, 2.05) is 5.32 Å². The Labute approximate surface area is 496 Å². The number of nitrogens with one attached hydrogen (secondary N) is 9. The van der Waals surface area contributed by atoms with Gasteiger partial charge in [-0.2, -0.15) is 0 Å². The molecule has 1 heterocycles. The van der Waals surface area contributed by atoms with Crippen LogP contribution in [0.2, 0.25) is 0 Å². The van der Waals surface area contributed by atoms with Crippen LogP contribution in [0.25, 0.3) is 0 Å². The third kappa shape index (κ3) is 27.3. The first-order valence-electron chi connectivity index (χ1n) is 28.1. The van der Waals surface area contributed by atoms with Crippen molar-refractivity contribution in [2.45, 2.75) is 192 Å². The second-order valence-corrected chi connectivity index (χ2v) is 21.4. The summed E-state index contributed by atoms with van der Waals surface area (Å²) in [6.07, 6.45) is -2.77. The van der Waals surface area contributed by atoms with Gasteiger partial charge in [-0.05, 0) is 69.6 Å². The lowest BCUT2D eigenvalue weighted by molar-refractivity contribution is -0.144. The molecule has 0 aromatic carbocycles. The SMILES string of the molecule is CCC(C)C(NC(=O)C(CC(N)=O)NC(=O)C(NC(=O)C(CC(C)C)NC(=O)CNC(=O)C(C)NC(=O)C1CCCN1C(=O)C(CCC(=O)O)NC(=O)C(N)CCCN=C(N)N)C(C)CC)C(=O)NC(CC(=O)O)C(=O)NC(CCC(=O)O)C(=O)O. The summed E-state index contributed by atoms with van der Waals surface area (Å²) in [5.74, 6) is -18.5. The van der Waals surface area contributed by atoms with Gasteiger partial charge in [0.1, 0.15) is 54.4 Å². The molecule has 1 aliphatic heterocycles. The monoisotopic (exact) mass is 1230 g/mol. The van der Waals surface area contributed by atoms with Gasteiger partial charge in [0.2, 0.25) is 65.0 Å². The number of hydrogen-bond acceptors (Lipinski definition) is 17. The molecule has 12 unspecified atom stereocenters. The third-order valence-corrected chi connectivity index (χ3v) is 13.8. The number of likely N-dealkylation sites (tertiary alicyclic amines) is 1. The molecule has 484 valence electrons. The molecule has 0 aromatic heterocycles. The minimum absolute atomic E-state index is 0.0105. The van der Waals surface area contributed by atoms with E-state index in [1.54, 1.807) is 34.6 Å². The number of guanidine groups is 1. The highest BCUT2D eigenvalue weighted by atomic mass is 16.4. The summed E-state index contributed by atoms with van der Waals surface area (Å²) in [6, 6.07) is -14.9. The van der Waals surface area contributed by atoms with Crippen LogP contribution in [-0.2, 0) is 71.9 Å². The molecule has 21 N–H and O–H groups in total. The van der Waals surface area contributed by atoms with E-state index in [2.05, 4.69) is 47.5 Å². The Morgan fingerprint density at radius 1 is 0.558 bits per heavy atom. The van der Waals surface area contributed by atoms with Gasteiger partial charge >= 0.3 is 23.9 Å². The number of carbonyl (C=O) groups is 15. The molecule has 0 spiro atoms. The van der Waals surface area contributed by atoms with Crippen molar-refractivity contribution in [1.82, 2.24) is 52.8 Å². The van der Waals surface area contributed by atoms with Crippen LogP contribution < -0.4 is 70.8 Å². The maximum atomic E-state index is 14.1. The highest BCUT2D eigenvalue weighted by Crippen LogP contribution is 2.21. The molecule has 1 rings (SSSR count). The average Bonchev–Trinajstić information content (AvgIpc) is 2.87. The number of nitrogens with two attached hydrogens (primary N) is 4. The molecule has 11 amide bonds. The van der Waals surface area contributed by atoms with Crippen molar-refractivity contribution in [3.05, 3.63) is 0 Å².